The number of hydrogen-bond donors (Lipinski definition) is 3. The zero-order valence-electron chi connectivity index (χ0n) is 14.3. The van der Waals surface area contributed by atoms with Gasteiger partial charge in [0, 0.05) is 11.9 Å². The highest BCUT2D eigenvalue weighted by atomic mass is 16.2. The molecule has 0 atom stereocenters. The second-order valence-electron chi connectivity index (χ2n) is 5.73. The van der Waals surface area contributed by atoms with Crippen molar-refractivity contribution in [3.05, 3.63) is 78.1 Å². The first-order chi connectivity index (χ1) is 12.6. The number of benzene rings is 2. The third-order valence-electron chi connectivity index (χ3n) is 3.69. The number of aromatic nitrogens is 2. The third kappa shape index (κ3) is 4.47. The molecule has 0 radical (unpaired) electrons. The standard InChI is InChI=1S/C19H19N5O2/c1-14-7-9-16(10-8-14)20-12-18(25)22-23-19(26)15-11-21-24(13-15)17-5-3-2-4-6-17/h2-11,13,20H,12H2,1H3,(H,22,25)(H,23,26). The molecular weight excluding hydrogens is 330 g/mol. The number of anilines is 1. The van der Waals surface area contributed by atoms with Crippen LogP contribution in [0.15, 0.2) is 67.0 Å². The third-order valence-corrected chi connectivity index (χ3v) is 3.69. The van der Waals surface area contributed by atoms with Crippen LogP contribution in [0, 0.1) is 6.92 Å². The Hall–Kier alpha value is -3.61. The first kappa shape index (κ1) is 17.2. The Morgan fingerprint density at radius 3 is 2.46 bits per heavy atom. The summed E-state index contributed by atoms with van der Waals surface area (Å²) in [4.78, 5) is 23.9. The molecule has 1 heterocycles. The molecule has 1 aromatic heterocycles. The van der Waals surface area contributed by atoms with Crippen LogP contribution in [0.1, 0.15) is 15.9 Å². The van der Waals surface area contributed by atoms with E-state index in [9.17, 15) is 9.59 Å². The molecule has 0 aliphatic rings. The van der Waals surface area contributed by atoms with Crippen LogP contribution >= 0.6 is 0 Å². The van der Waals surface area contributed by atoms with E-state index < -0.39 is 5.91 Å². The van der Waals surface area contributed by atoms with Gasteiger partial charge in [-0.15, -0.1) is 0 Å². The predicted octanol–water partition coefficient (Wildman–Crippen LogP) is 2.05. The van der Waals surface area contributed by atoms with E-state index in [0.29, 0.717) is 5.56 Å². The smallest absolute Gasteiger partial charge is 0.272 e. The summed E-state index contributed by atoms with van der Waals surface area (Å²) in [5, 5.41) is 7.13. The molecule has 0 bridgehead atoms. The number of rotatable bonds is 5. The monoisotopic (exact) mass is 349 g/mol. The van der Waals surface area contributed by atoms with Gasteiger partial charge < -0.3 is 5.32 Å². The average Bonchev–Trinajstić information content (AvgIpc) is 3.17. The van der Waals surface area contributed by atoms with Gasteiger partial charge in [0.05, 0.1) is 24.0 Å². The largest absolute Gasteiger partial charge is 0.376 e. The molecule has 3 aromatic rings. The topological polar surface area (TPSA) is 88.1 Å². The molecule has 2 aromatic carbocycles. The number of amides is 2. The van der Waals surface area contributed by atoms with E-state index in [1.165, 1.54) is 6.20 Å². The Morgan fingerprint density at radius 1 is 1.00 bits per heavy atom. The molecule has 0 saturated heterocycles. The summed E-state index contributed by atoms with van der Waals surface area (Å²) in [6.07, 6.45) is 3.04. The first-order valence-electron chi connectivity index (χ1n) is 8.11. The maximum Gasteiger partial charge on any atom is 0.272 e. The van der Waals surface area contributed by atoms with Crippen LogP contribution < -0.4 is 16.2 Å². The fraction of sp³-hybridized carbons (Fsp3) is 0.105. The van der Waals surface area contributed by atoms with Gasteiger partial charge in [0.15, 0.2) is 0 Å². The van der Waals surface area contributed by atoms with Crippen molar-refractivity contribution < 1.29 is 9.59 Å². The van der Waals surface area contributed by atoms with Crippen molar-refractivity contribution in [2.24, 2.45) is 0 Å². The van der Waals surface area contributed by atoms with Gasteiger partial charge in [0.1, 0.15) is 0 Å². The summed E-state index contributed by atoms with van der Waals surface area (Å²) in [6.45, 7) is 2.04. The second kappa shape index (κ2) is 7.98. The van der Waals surface area contributed by atoms with Crippen molar-refractivity contribution in [2.75, 3.05) is 11.9 Å². The van der Waals surface area contributed by atoms with Gasteiger partial charge in [-0.1, -0.05) is 35.9 Å². The number of nitrogens with zero attached hydrogens (tertiary/aromatic N) is 2. The number of nitrogens with one attached hydrogen (secondary N) is 3. The molecule has 132 valence electrons. The van der Waals surface area contributed by atoms with Gasteiger partial charge in [-0.2, -0.15) is 5.10 Å². The summed E-state index contributed by atoms with van der Waals surface area (Å²) >= 11 is 0. The summed E-state index contributed by atoms with van der Waals surface area (Å²) in [5.41, 5.74) is 7.92. The fourth-order valence-corrected chi connectivity index (χ4v) is 2.26. The van der Waals surface area contributed by atoms with Crippen molar-refractivity contribution >= 4 is 17.5 Å². The average molecular weight is 349 g/mol. The molecule has 3 rings (SSSR count). The van der Waals surface area contributed by atoms with Gasteiger partial charge in [-0.25, -0.2) is 4.68 Å². The van der Waals surface area contributed by atoms with E-state index in [0.717, 1.165) is 16.9 Å². The maximum atomic E-state index is 12.1. The minimum atomic E-state index is -0.434. The van der Waals surface area contributed by atoms with Crippen LogP contribution in [0.25, 0.3) is 5.69 Å². The van der Waals surface area contributed by atoms with Gasteiger partial charge in [-0.3, -0.25) is 20.4 Å². The molecule has 26 heavy (non-hydrogen) atoms. The molecule has 0 aliphatic heterocycles. The fourth-order valence-electron chi connectivity index (χ4n) is 2.26. The number of carbonyl (C=O) groups excluding carboxylic acids is 2. The normalized spacial score (nSPS) is 10.2. The quantitative estimate of drug-likeness (QED) is 0.615. The van der Waals surface area contributed by atoms with Crippen LogP contribution in [0.5, 0.6) is 0 Å². The second-order valence-corrected chi connectivity index (χ2v) is 5.73. The van der Waals surface area contributed by atoms with Crippen LogP contribution in [-0.2, 0) is 4.79 Å². The highest BCUT2D eigenvalue weighted by Gasteiger charge is 2.10. The summed E-state index contributed by atoms with van der Waals surface area (Å²) in [6, 6.07) is 17.1. The summed E-state index contributed by atoms with van der Waals surface area (Å²) in [5.74, 6) is -0.787. The Bertz CT molecular complexity index is 888. The highest BCUT2D eigenvalue weighted by Crippen LogP contribution is 2.08. The minimum Gasteiger partial charge on any atom is -0.376 e. The Morgan fingerprint density at radius 2 is 1.73 bits per heavy atom. The maximum absolute atomic E-state index is 12.1. The van der Waals surface area contributed by atoms with Crippen LogP contribution in [0.2, 0.25) is 0 Å². The lowest BCUT2D eigenvalue weighted by Crippen LogP contribution is -2.44. The van der Waals surface area contributed by atoms with E-state index in [-0.39, 0.29) is 12.5 Å². The molecule has 2 amide bonds. The van der Waals surface area contributed by atoms with E-state index in [1.807, 2.05) is 61.5 Å². The minimum absolute atomic E-state index is 0.0482. The number of para-hydroxylation sites is 1. The zero-order valence-corrected chi connectivity index (χ0v) is 14.3. The lowest BCUT2D eigenvalue weighted by atomic mass is 10.2. The van der Waals surface area contributed by atoms with Crippen LogP contribution in [-0.4, -0.2) is 28.1 Å². The number of aryl methyl sites for hydroxylation is 1. The van der Waals surface area contributed by atoms with Gasteiger partial charge in [0.25, 0.3) is 11.8 Å². The Kier molecular flexibility index (Phi) is 5.28. The molecule has 0 aliphatic carbocycles. The van der Waals surface area contributed by atoms with Gasteiger partial charge >= 0.3 is 0 Å². The van der Waals surface area contributed by atoms with Crippen molar-refractivity contribution in [3.8, 4) is 5.69 Å². The molecule has 0 spiro atoms. The first-order valence-corrected chi connectivity index (χ1v) is 8.11. The van der Waals surface area contributed by atoms with E-state index in [2.05, 4.69) is 21.3 Å². The lowest BCUT2D eigenvalue weighted by molar-refractivity contribution is -0.120. The molecule has 0 unspecified atom stereocenters. The van der Waals surface area contributed by atoms with Crippen molar-refractivity contribution in [2.45, 2.75) is 6.92 Å². The number of hydrogen-bond acceptors (Lipinski definition) is 4. The highest BCUT2D eigenvalue weighted by molar-refractivity contribution is 5.95. The SMILES string of the molecule is Cc1ccc(NCC(=O)NNC(=O)c2cnn(-c3ccccc3)c2)cc1. The number of hydrazine groups is 1. The number of carbonyl (C=O) groups is 2. The molecular formula is C19H19N5O2. The molecule has 3 N–H and O–H groups in total. The zero-order chi connectivity index (χ0) is 18.4. The van der Waals surface area contributed by atoms with Crippen molar-refractivity contribution in [3.63, 3.8) is 0 Å². The van der Waals surface area contributed by atoms with E-state index in [4.69, 9.17) is 0 Å². The molecule has 0 fully saturated rings. The van der Waals surface area contributed by atoms with Gasteiger partial charge in [-0.05, 0) is 31.2 Å². The molecule has 7 nitrogen and oxygen atoms in total. The van der Waals surface area contributed by atoms with Crippen molar-refractivity contribution in [1.29, 1.82) is 0 Å². The lowest BCUT2D eigenvalue weighted by Gasteiger charge is -2.08. The Balaban J connectivity index is 1.48. The van der Waals surface area contributed by atoms with Crippen LogP contribution in [0.4, 0.5) is 5.69 Å². The van der Waals surface area contributed by atoms with Crippen molar-refractivity contribution in [1.82, 2.24) is 20.6 Å². The predicted molar refractivity (Wildman–Crippen MR) is 98.8 cm³/mol. The van der Waals surface area contributed by atoms with Crippen LogP contribution in [0.3, 0.4) is 0 Å². The van der Waals surface area contributed by atoms with Gasteiger partial charge in [0.2, 0.25) is 0 Å². The summed E-state index contributed by atoms with van der Waals surface area (Å²) < 4.78 is 1.59. The van der Waals surface area contributed by atoms with E-state index >= 15 is 0 Å². The van der Waals surface area contributed by atoms with E-state index in [1.54, 1.807) is 10.9 Å². The summed E-state index contributed by atoms with van der Waals surface area (Å²) in [7, 11) is 0. The Labute approximate surface area is 151 Å². The molecule has 7 heteroatoms. The molecule has 0 saturated carbocycles.